The number of halogens is 1. The second-order valence-electron chi connectivity index (χ2n) is 8.31. The van der Waals surface area contributed by atoms with Crippen molar-refractivity contribution in [2.24, 2.45) is 7.05 Å². The lowest BCUT2D eigenvalue weighted by Crippen LogP contribution is -2.48. The minimum absolute atomic E-state index is 0.101. The number of benzene rings is 2. The first-order valence-electron chi connectivity index (χ1n) is 10.8. The van der Waals surface area contributed by atoms with Gasteiger partial charge in [-0.2, -0.15) is 0 Å². The number of carbonyl (C=O) groups is 1. The smallest absolute Gasteiger partial charge is 0.223 e. The molecule has 1 amide bonds. The first-order chi connectivity index (χ1) is 14.5. The first-order valence-corrected chi connectivity index (χ1v) is 10.8. The van der Waals surface area contributed by atoms with Crippen LogP contribution >= 0.6 is 0 Å². The molecule has 4 rings (SSSR count). The standard InChI is InChI=1S/C25H30FN3O/c1-4-28-11-13-29(14-12-28)25(30)16-20(21-15-18(2)9-10-23(21)26)22-17-27(3)24-8-6-5-7-19(22)24/h5-10,15,17,20H,4,11-14,16H2,1-3H3. The van der Waals surface area contributed by atoms with Crippen LogP contribution in [0.1, 0.15) is 36.0 Å². The van der Waals surface area contributed by atoms with Crippen molar-refractivity contribution in [3.8, 4) is 0 Å². The number of nitrogens with zero attached hydrogens (tertiary/aromatic N) is 3. The Labute approximate surface area is 177 Å². The third kappa shape index (κ3) is 3.99. The van der Waals surface area contributed by atoms with Gasteiger partial charge in [-0.15, -0.1) is 0 Å². The van der Waals surface area contributed by atoms with Crippen LogP contribution in [0.4, 0.5) is 4.39 Å². The molecule has 0 aliphatic carbocycles. The van der Waals surface area contributed by atoms with Gasteiger partial charge in [0.1, 0.15) is 5.82 Å². The number of rotatable bonds is 5. The van der Waals surface area contributed by atoms with Crippen LogP contribution in [0.25, 0.3) is 10.9 Å². The Morgan fingerprint density at radius 3 is 2.53 bits per heavy atom. The minimum atomic E-state index is -0.312. The third-order valence-corrected chi connectivity index (χ3v) is 6.38. The lowest BCUT2D eigenvalue weighted by molar-refractivity contribution is -0.133. The summed E-state index contributed by atoms with van der Waals surface area (Å²) in [5, 5.41) is 1.08. The molecule has 1 aromatic heterocycles. The molecular formula is C25H30FN3O. The minimum Gasteiger partial charge on any atom is -0.350 e. The van der Waals surface area contributed by atoms with Gasteiger partial charge < -0.3 is 14.4 Å². The summed E-state index contributed by atoms with van der Waals surface area (Å²) in [6.45, 7) is 8.41. The molecule has 0 radical (unpaired) electrons. The van der Waals surface area contributed by atoms with Crippen LogP contribution in [0.5, 0.6) is 0 Å². The molecule has 1 saturated heterocycles. The lowest BCUT2D eigenvalue weighted by atomic mass is 9.86. The maximum atomic E-state index is 15.0. The molecule has 0 N–H and O–H groups in total. The highest BCUT2D eigenvalue weighted by molar-refractivity contribution is 5.86. The fourth-order valence-corrected chi connectivity index (χ4v) is 4.59. The Bertz CT molecular complexity index is 1050. The molecule has 0 saturated carbocycles. The second kappa shape index (κ2) is 8.60. The van der Waals surface area contributed by atoms with E-state index in [2.05, 4.69) is 34.7 Å². The van der Waals surface area contributed by atoms with Crippen molar-refractivity contribution in [1.82, 2.24) is 14.4 Å². The van der Waals surface area contributed by atoms with Gasteiger partial charge in [0.15, 0.2) is 0 Å². The summed E-state index contributed by atoms with van der Waals surface area (Å²) in [5.41, 5.74) is 3.71. The molecule has 1 aliphatic heterocycles. The van der Waals surface area contributed by atoms with Gasteiger partial charge in [0.25, 0.3) is 0 Å². The molecule has 2 heterocycles. The number of hydrogen-bond donors (Lipinski definition) is 0. The zero-order valence-corrected chi connectivity index (χ0v) is 18.1. The maximum absolute atomic E-state index is 15.0. The van der Waals surface area contributed by atoms with Crippen molar-refractivity contribution >= 4 is 16.8 Å². The number of para-hydroxylation sites is 1. The molecule has 0 bridgehead atoms. The van der Waals surface area contributed by atoms with E-state index in [4.69, 9.17) is 0 Å². The van der Waals surface area contributed by atoms with E-state index < -0.39 is 0 Å². The van der Waals surface area contributed by atoms with E-state index in [1.54, 1.807) is 6.07 Å². The second-order valence-corrected chi connectivity index (χ2v) is 8.31. The van der Waals surface area contributed by atoms with E-state index >= 15 is 0 Å². The Morgan fingerprint density at radius 1 is 1.07 bits per heavy atom. The summed E-state index contributed by atoms with van der Waals surface area (Å²) < 4.78 is 17.0. The van der Waals surface area contributed by atoms with Crippen LogP contribution < -0.4 is 0 Å². The predicted molar refractivity (Wildman–Crippen MR) is 119 cm³/mol. The Hall–Kier alpha value is -2.66. The van der Waals surface area contributed by atoms with Crippen LogP contribution in [0.15, 0.2) is 48.7 Å². The Kier molecular flexibility index (Phi) is 5.91. The largest absolute Gasteiger partial charge is 0.350 e. The van der Waals surface area contributed by atoms with Crippen molar-refractivity contribution < 1.29 is 9.18 Å². The third-order valence-electron chi connectivity index (χ3n) is 6.38. The van der Waals surface area contributed by atoms with Gasteiger partial charge in [-0.1, -0.05) is 42.8 Å². The van der Waals surface area contributed by atoms with Crippen molar-refractivity contribution in [3.05, 3.63) is 71.2 Å². The van der Waals surface area contributed by atoms with Crippen LogP contribution in [0.3, 0.4) is 0 Å². The number of aryl methyl sites for hydroxylation is 2. The lowest BCUT2D eigenvalue weighted by Gasteiger charge is -2.35. The van der Waals surface area contributed by atoms with Gasteiger partial charge in [-0.25, -0.2) is 4.39 Å². The van der Waals surface area contributed by atoms with Gasteiger partial charge in [0, 0.05) is 62.7 Å². The van der Waals surface area contributed by atoms with E-state index in [1.807, 2.05) is 37.1 Å². The first kappa shape index (κ1) is 20.6. The zero-order valence-electron chi connectivity index (χ0n) is 18.1. The van der Waals surface area contributed by atoms with E-state index in [9.17, 15) is 9.18 Å². The number of piperazine rings is 1. The Balaban J connectivity index is 1.71. The highest BCUT2D eigenvalue weighted by atomic mass is 19.1. The number of likely N-dealkylation sites (N-methyl/N-ethyl adjacent to an activating group) is 1. The van der Waals surface area contributed by atoms with Crippen LogP contribution in [-0.2, 0) is 11.8 Å². The quantitative estimate of drug-likeness (QED) is 0.630. The summed E-state index contributed by atoms with van der Waals surface area (Å²) in [4.78, 5) is 17.6. The number of carbonyl (C=O) groups excluding carboxylic acids is 1. The average molecular weight is 408 g/mol. The van der Waals surface area contributed by atoms with Crippen LogP contribution in [0, 0.1) is 12.7 Å². The molecule has 5 heteroatoms. The van der Waals surface area contributed by atoms with Gasteiger partial charge in [0.2, 0.25) is 5.91 Å². The fourth-order valence-electron chi connectivity index (χ4n) is 4.59. The molecule has 2 aromatic carbocycles. The summed E-state index contributed by atoms with van der Waals surface area (Å²) >= 11 is 0. The average Bonchev–Trinajstić information content (AvgIpc) is 3.10. The summed E-state index contributed by atoms with van der Waals surface area (Å²) in [5.74, 6) is -0.459. The molecule has 1 atom stereocenters. The zero-order chi connectivity index (χ0) is 21.3. The molecule has 30 heavy (non-hydrogen) atoms. The number of hydrogen-bond acceptors (Lipinski definition) is 2. The maximum Gasteiger partial charge on any atom is 0.223 e. The summed E-state index contributed by atoms with van der Waals surface area (Å²) in [6.07, 6.45) is 2.33. The van der Waals surface area contributed by atoms with E-state index in [0.717, 1.165) is 54.8 Å². The number of fused-ring (bicyclic) bond motifs is 1. The molecule has 0 spiro atoms. The predicted octanol–water partition coefficient (Wildman–Crippen LogP) is 4.31. The van der Waals surface area contributed by atoms with Crippen molar-refractivity contribution in [2.75, 3.05) is 32.7 Å². The van der Waals surface area contributed by atoms with Crippen molar-refractivity contribution in [1.29, 1.82) is 0 Å². The highest BCUT2D eigenvalue weighted by Gasteiger charge is 2.28. The fraction of sp³-hybridized carbons (Fsp3) is 0.400. The molecule has 1 aliphatic rings. The highest BCUT2D eigenvalue weighted by Crippen LogP contribution is 2.36. The molecule has 3 aromatic rings. The normalized spacial score (nSPS) is 16.2. The van der Waals surface area contributed by atoms with E-state index in [-0.39, 0.29) is 24.1 Å². The number of amides is 1. The van der Waals surface area contributed by atoms with E-state index in [0.29, 0.717) is 5.56 Å². The molecule has 4 nitrogen and oxygen atoms in total. The summed E-state index contributed by atoms with van der Waals surface area (Å²) in [7, 11) is 2.00. The van der Waals surface area contributed by atoms with Crippen molar-refractivity contribution in [2.45, 2.75) is 26.2 Å². The molecular weight excluding hydrogens is 377 g/mol. The van der Waals surface area contributed by atoms with E-state index in [1.165, 1.54) is 6.07 Å². The van der Waals surface area contributed by atoms with Crippen molar-refractivity contribution in [3.63, 3.8) is 0 Å². The van der Waals surface area contributed by atoms with Crippen LogP contribution in [-0.4, -0.2) is 53.0 Å². The molecule has 158 valence electrons. The monoisotopic (exact) mass is 407 g/mol. The molecule has 1 unspecified atom stereocenters. The SMILES string of the molecule is CCN1CCN(C(=O)CC(c2cc(C)ccc2F)c2cn(C)c3ccccc23)CC1. The topological polar surface area (TPSA) is 28.5 Å². The van der Waals surface area contributed by atoms with Crippen LogP contribution in [0.2, 0.25) is 0 Å². The Morgan fingerprint density at radius 2 is 1.80 bits per heavy atom. The van der Waals surface area contributed by atoms with Gasteiger partial charge in [-0.3, -0.25) is 4.79 Å². The molecule has 1 fully saturated rings. The van der Waals surface area contributed by atoms with Gasteiger partial charge in [0.05, 0.1) is 0 Å². The van der Waals surface area contributed by atoms with Gasteiger partial charge in [-0.05, 0) is 36.7 Å². The summed E-state index contributed by atoms with van der Waals surface area (Å²) in [6, 6.07) is 13.3. The number of aromatic nitrogens is 1. The van der Waals surface area contributed by atoms with Gasteiger partial charge >= 0.3 is 0 Å².